The number of nitrogens with one attached hydrogen (secondary N) is 1. The Hall–Kier alpha value is -2.53. The molecule has 0 unspecified atom stereocenters. The number of nitrogens with zero attached hydrogens (tertiary/aromatic N) is 1. The van der Waals surface area contributed by atoms with E-state index in [1.165, 1.54) is 0 Å². The Labute approximate surface area is 176 Å². The normalized spacial score (nSPS) is 11.0. The van der Waals surface area contributed by atoms with Crippen LogP contribution < -0.4 is 5.32 Å². The number of oxazole rings is 1. The number of halogens is 3. The van der Waals surface area contributed by atoms with Crippen LogP contribution >= 0.6 is 34.8 Å². The van der Waals surface area contributed by atoms with Crippen LogP contribution in [0.25, 0.3) is 22.6 Å². The molecular formula is C21H13Cl3N2O2. The Morgan fingerprint density at radius 1 is 1.00 bits per heavy atom. The van der Waals surface area contributed by atoms with Crippen molar-refractivity contribution in [3.05, 3.63) is 80.8 Å². The number of hydrogen-bond acceptors (Lipinski definition) is 3. The Morgan fingerprint density at radius 2 is 1.75 bits per heavy atom. The lowest BCUT2D eigenvalue weighted by Crippen LogP contribution is -2.12. The maximum absolute atomic E-state index is 12.5. The average molecular weight is 432 g/mol. The predicted octanol–water partition coefficient (Wildman–Crippen LogP) is 7.02. The number of carbonyl (C=O) groups is 1. The van der Waals surface area contributed by atoms with Crippen LogP contribution in [0.3, 0.4) is 0 Å². The number of fused-ring (bicyclic) bond motifs is 1. The summed E-state index contributed by atoms with van der Waals surface area (Å²) in [5.74, 6) is 0.170. The number of amides is 1. The molecule has 28 heavy (non-hydrogen) atoms. The molecule has 0 atom stereocenters. The van der Waals surface area contributed by atoms with E-state index < -0.39 is 0 Å². The van der Waals surface area contributed by atoms with Gasteiger partial charge in [0.15, 0.2) is 5.58 Å². The number of carbonyl (C=O) groups excluding carboxylic acids is 1. The zero-order valence-corrected chi connectivity index (χ0v) is 16.9. The molecule has 140 valence electrons. The molecule has 4 aromatic rings. The lowest BCUT2D eigenvalue weighted by Gasteiger charge is -2.11. The van der Waals surface area contributed by atoms with Gasteiger partial charge in [-0.15, -0.1) is 0 Å². The Balaban J connectivity index is 1.70. The van der Waals surface area contributed by atoms with E-state index in [0.717, 1.165) is 11.1 Å². The van der Waals surface area contributed by atoms with Crippen LogP contribution in [0.1, 0.15) is 15.9 Å². The molecule has 1 N–H and O–H groups in total. The fraction of sp³-hybridized carbons (Fsp3) is 0.0476. The minimum absolute atomic E-state index is 0.232. The zero-order valence-electron chi connectivity index (χ0n) is 14.6. The lowest BCUT2D eigenvalue weighted by molar-refractivity contribution is 0.102. The molecule has 1 amide bonds. The van der Waals surface area contributed by atoms with Crippen LogP contribution in [0.5, 0.6) is 0 Å². The average Bonchev–Trinajstić information content (AvgIpc) is 3.08. The molecule has 0 fully saturated rings. The summed E-state index contributed by atoms with van der Waals surface area (Å²) in [6.07, 6.45) is 0. The molecule has 1 heterocycles. The SMILES string of the molecule is Cc1c(NC(=O)c2ccc(Cl)cc2)cccc1-c1nc2cc(Cl)cc(Cl)c2o1. The van der Waals surface area contributed by atoms with Gasteiger partial charge in [0, 0.05) is 26.9 Å². The smallest absolute Gasteiger partial charge is 0.255 e. The molecule has 4 rings (SSSR count). The fourth-order valence-electron chi connectivity index (χ4n) is 2.87. The lowest BCUT2D eigenvalue weighted by atomic mass is 10.1. The summed E-state index contributed by atoms with van der Waals surface area (Å²) in [6, 6.07) is 15.5. The second kappa shape index (κ2) is 7.47. The quantitative estimate of drug-likeness (QED) is 0.379. The second-order valence-electron chi connectivity index (χ2n) is 6.19. The molecule has 0 saturated heterocycles. The Morgan fingerprint density at radius 3 is 2.50 bits per heavy atom. The summed E-state index contributed by atoms with van der Waals surface area (Å²) in [5.41, 5.74) is 3.77. The van der Waals surface area contributed by atoms with Crippen LogP contribution in [0.2, 0.25) is 15.1 Å². The van der Waals surface area contributed by atoms with Crippen molar-refractivity contribution in [2.24, 2.45) is 0 Å². The van der Waals surface area contributed by atoms with Gasteiger partial charge in [0.25, 0.3) is 5.91 Å². The second-order valence-corrected chi connectivity index (χ2v) is 7.47. The molecule has 7 heteroatoms. The number of anilines is 1. The molecule has 4 nitrogen and oxygen atoms in total. The van der Waals surface area contributed by atoms with Gasteiger partial charge in [0.1, 0.15) is 5.52 Å². The summed E-state index contributed by atoms with van der Waals surface area (Å²) in [4.78, 5) is 17.0. The van der Waals surface area contributed by atoms with Gasteiger partial charge in [-0.1, -0.05) is 40.9 Å². The van der Waals surface area contributed by atoms with Gasteiger partial charge in [-0.05, 0) is 61.0 Å². The fourth-order valence-corrected chi connectivity index (χ4v) is 3.52. The first-order valence-corrected chi connectivity index (χ1v) is 9.48. The van der Waals surface area contributed by atoms with Crippen LogP contribution in [0.4, 0.5) is 5.69 Å². The monoisotopic (exact) mass is 430 g/mol. The number of hydrogen-bond donors (Lipinski definition) is 1. The highest BCUT2D eigenvalue weighted by atomic mass is 35.5. The van der Waals surface area contributed by atoms with E-state index >= 15 is 0 Å². The van der Waals surface area contributed by atoms with Gasteiger partial charge in [-0.2, -0.15) is 0 Å². The van der Waals surface area contributed by atoms with Gasteiger partial charge in [0.2, 0.25) is 5.89 Å². The standard InChI is InChI=1S/C21H13Cl3N2O2/c1-11-15(21-26-18-10-14(23)9-16(24)19(18)28-21)3-2-4-17(11)25-20(27)12-5-7-13(22)8-6-12/h2-10H,1H3,(H,25,27). The number of benzene rings is 3. The summed E-state index contributed by atoms with van der Waals surface area (Å²) in [6.45, 7) is 1.89. The van der Waals surface area contributed by atoms with Gasteiger partial charge in [-0.25, -0.2) is 4.98 Å². The highest BCUT2D eigenvalue weighted by Gasteiger charge is 2.16. The van der Waals surface area contributed by atoms with E-state index in [9.17, 15) is 4.79 Å². The van der Waals surface area contributed by atoms with Gasteiger partial charge >= 0.3 is 0 Å². The molecule has 0 aliphatic carbocycles. The van der Waals surface area contributed by atoms with Crippen LogP contribution in [0, 0.1) is 6.92 Å². The van der Waals surface area contributed by atoms with E-state index in [4.69, 9.17) is 39.2 Å². The van der Waals surface area contributed by atoms with Crippen molar-refractivity contribution in [2.45, 2.75) is 6.92 Å². The minimum atomic E-state index is -0.232. The van der Waals surface area contributed by atoms with Crippen molar-refractivity contribution in [2.75, 3.05) is 5.32 Å². The number of rotatable bonds is 3. The largest absolute Gasteiger partial charge is 0.434 e. The van der Waals surface area contributed by atoms with E-state index in [2.05, 4.69) is 10.3 Å². The summed E-state index contributed by atoms with van der Waals surface area (Å²) in [5, 5.41) is 4.36. The van der Waals surface area contributed by atoms with Crippen LogP contribution in [-0.2, 0) is 0 Å². The molecule has 3 aromatic carbocycles. The van der Waals surface area contributed by atoms with E-state index in [1.54, 1.807) is 36.4 Å². The van der Waals surface area contributed by atoms with Crippen molar-refractivity contribution < 1.29 is 9.21 Å². The highest BCUT2D eigenvalue weighted by molar-refractivity contribution is 6.38. The van der Waals surface area contributed by atoms with E-state index in [-0.39, 0.29) is 5.91 Å². The third-order valence-electron chi connectivity index (χ3n) is 4.33. The van der Waals surface area contributed by atoms with Gasteiger partial charge in [-0.3, -0.25) is 4.79 Å². The van der Waals surface area contributed by atoms with Crippen molar-refractivity contribution in [1.82, 2.24) is 4.98 Å². The minimum Gasteiger partial charge on any atom is -0.434 e. The third kappa shape index (κ3) is 3.59. The highest BCUT2D eigenvalue weighted by Crippen LogP contribution is 2.34. The third-order valence-corrected chi connectivity index (χ3v) is 5.08. The van der Waals surface area contributed by atoms with E-state index in [1.807, 2.05) is 25.1 Å². The Kier molecular flexibility index (Phi) is 5.02. The zero-order chi connectivity index (χ0) is 19.8. The molecule has 0 radical (unpaired) electrons. The first-order valence-electron chi connectivity index (χ1n) is 8.35. The molecule has 0 saturated carbocycles. The Bertz CT molecular complexity index is 1200. The number of aromatic nitrogens is 1. The van der Waals surface area contributed by atoms with Crippen LogP contribution in [0.15, 0.2) is 59.0 Å². The summed E-state index contributed by atoms with van der Waals surface area (Å²) >= 11 is 18.1. The first-order chi connectivity index (χ1) is 13.4. The summed E-state index contributed by atoms with van der Waals surface area (Å²) < 4.78 is 5.85. The molecule has 0 aliphatic rings. The van der Waals surface area contributed by atoms with Crippen LogP contribution in [-0.4, -0.2) is 10.9 Å². The van der Waals surface area contributed by atoms with E-state index in [0.29, 0.717) is 43.3 Å². The molecule has 0 spiro atoms. The maximum atomic E-state index is 12.5. The van der Waals surface area contributed by atoms with Crippen molar-refractivity contribution in [1.29, 1.82) is 0 Å². The molecule has 0 bridgehead atoms. The van der Waals surface area contributed by atoms with Gasteiger partial charge in [0.05, 0.1) is 5.02 Å². The van der Waals surface area contributed by atoms with Crippen molar-refractivity contribution in [3.63, 3.8) is 0 Å². The van der Waals surface area contributed by atoms with Crippen molar-refractivity contribution >= 4 is 57.5 Å². The molecule has 1 aromatic heterocycles. The van der Waals surface area contributed by atoms with Crippen molar-refractivity contribution in [3.8, 4) is 11.5 Å². The van der Waals surface area contributed by atoms with Gasteiger partial charge < -0.3 is 9.73 Å². The summed E-state index contributed by atoms with van der Waals surface area (Å²) in [7, 11) is 0. The maximum Gasteiger partial charge on any atom is 0.255 e. The first kappa shape index (κ1) is 18.8. The predicted molar refractivity (Wildman–Crippen MR) is 114 cm³/mol. The topological polar surface area (TPSA) is 55.1 Å². The molecular weight excluding hydrogens is 419 g/mol. The molecule has 0 aliphatic heterocycles.